The third kappa shape index (κ3) is 3.40. The van der Waals surface area contributed by atoms with Gasteiger partial charge in [0.1, 0.15) is 17.2 Å². The first kappa shape index (κ1) is 17.6. The lowest BCUT2D eigenvalue weighted by Gasteiger charge is -2.24. The maximum atomic E-state index is 5.51. The standard InChI is InChI=1S/C20H22N8O/c1-29-17-8-19-22-12-16(28(19)27-20(17)13-9-23-24-10-13)15-5-2-6-18(26-15)25-14-4-3-7-21-11-14/h2,5-6,8-10,12,14,21H,3-4,7,11H2,1H3,(H,23,24)(H,25,26). The Kier molecular flexibility index (Phi) is 4.57. The number of nitrogens with one attached hydrogen (secondary N) is 3. The van der Waals surface area contributed by atoms with Gasteiger partial charge in [-0.2, -0.15) is 10.2 Å². The molecule has 4 aromatic rings. The number of ether oxygens (including phenoxy) is 1. The molecule has 0 bridgehead atoms. The van der Waals surface area contributed by atoms with Crippen molar-refractivity contribution in [3.63, 3.8) is 0 Å². The second-order valence-electron chi connectivity index (χ2n) is 7.06. The van der Waals surface area contributed by atoms with E-state index >= 15 is 0 Å². The molecule has 1 atom stereocenters. The SMILES string of the molecule is COc1cc2ncc(-c3cccc(NC4CCCNC4)n3)n2nc1-c1cn[nH]c1. The van der Waals surface area contributed by atoms with E-state index in [9.17, 15) is 0 Å². The minimum atomic E-state index is 0.392. The number of imidazole rings is 1. The largest absolute Gasteiger partial charge is 0.494 e. The summed E-state index contributed by atoms with van der Waals surface area (Å²) in [6.45, 7) is 2.04. The van der Waals surface area contributed by atoms with Crippen molar-refractivity contribution in [1.29, 1.82) is 0 Å². The number of piperidine rings is 1. The summed E-state index contributed by atoms with van der Waals surface area (Å²) in [6, 6.07) is 8.23. The highest BCUT2D eigenvalue weighted by Crippen LogP contribution is 2.30. The number of aromatic amines is 1. The van der Waals surface area contributed by atoms with Crippen LogP contribution in [0.2, 0.25) is 0 Å². The van der Waals surface area contributed by atoms with E-state index in [4.69, 9.17) is 14.8 Å². The molecule has 1 unspecified atom stereocenters. The Balaban J connectivity index is 1.53. The predicted octanol–water partition coefficient (Wildman–Crippen LogP) is 2.35. The van der Waals surface area contributed by atoms with Crippen LogP contribution in [0.5, 0.6) is 5.75 Å². The Bertz CT molecular complexity index is 1110. The van der Waals surface area contributed by atoms with Gasteiger partial charge in [0.05, 0.1) is 25.2 Å². The number of rotatable bonds is 5. The molecule has 4 aromatic heterocycles. The third-order valence-corrected chi connectivity index (χ3v) is 5.11. The van der Waals surface area contributed by atoms with Crippen molar-refractivity contribution < 1.29 is 4.74 Å². The number of aromatic nitrogens is 6. The van der Waals surface area contributed by atoms with Crippen LogP contribution in [-0.4, -0.2) is 56.0 Å². The van der Waals surface area contributed by atoms with E-state index in [0.29, 0.717) is 23.1 Å². The number of methoxy groups -OCH3 is 1. The van der Waals surface area contributed by atoms with Crippen molar-refractivity contribution in [2.24, 2.45) is 0 Å². The molecule has 0 aliphatic carbocycles. The fourth-order valence-corrected chi connectivity index (χ4v) is 3.65. The van der Waals surface area contributed by atoms with Crippen LogP contribution in [-0.2, 0) is 0 Å². The average Bonchev–Trinajstić information content (AvgIpc) is 3.43. The van der Waals surface area contributed by atoms with Crippen molar-refractivity contribution in [3.05, 3.63) is 42.9 Å². The summed E-state index contributed by atoms with van der Waals surface area (Å²) in [4.78, 5) is 9.30. The molecule has 0 spiro atoms. The lowest BCUT2D eigenvalue weighted by Crippen LogP contribution is -2.38. The molecule has 9 heteroatoms. The van der Waals surface area contributed by atoms with Crippen LogP contribution in [0.15, 0.2) is 42.9 Å². The van der Waals surface area contributed by atoms with Gasteiger partial charge in [-0.1, -0.05) is 6.07 Å². The van der Waals surface area contributed by atoms with Crippen LogP contribution >= 0.6 is 0 Å². The van der Waals surface area contributed by atoms with Crippen LogP contribution in [0.3, 0.4) is 0 Å². The highest BCUT2D eigenvalue weighted by Gasteiger charge is 2.17. The van der Waals surface area contributed by atoms with Gasteiger partial charge >= 0.3 is 0 Å². The van der Waals surface area contributed by atoms with Gasteiger partial charge in [0.2, 0.25) is 0 Å². The Morgan fingerprint density at radius 3 is 3.03 bits per heavy atom. The summed E-state index contributed by atoms with van der Waals surface area (Å²) in [6.07, 6.45) is 7.61. The molecule has 9 nitrogen and oxygen atoms in total. The van der Waals surface area contributed by atoms with Crippen LogP contribution < -0.4 is 15.4 Å². The summed E-state index contributed by atoms with van der Waals surface area (Å²) >= 11 is 0. The molecule has 1 fully saturated rings. The lowest BCUT2D eigenvalue weighted by molar-refractivity contribution is 0.414. The van der Waals surface area contributed by atoms with Crippen LogP contribution in [0.4, 0.5) is 5.82 Å². The molecule has 0 radical (unpaired) electrons. The maximum Gasteiger partial charge on any atom is 0.157 e. The van der Waals surface area contributed by atoms with E-state index < -0.39 is 0 Å². The zero-order valence-corrected chi connectivity index (χ0v) is 16.1. The summed E-state index contributed by atoms with van der Waals surface area (Å²) in [5, 5.41) is 18.5. The van der Waals surface area contributed by atoms with E-state index in [-0.39, 0.29) is 0 Å². The number of fused-ring (bicyclic) bond motifs is 1. The molecule has 5 heterocycles. The monoisotopic (exact) mass is 390 g/mol. The fraction of sp³-hybridized carbons (Fsp3) is 0.300. The second kappa shape index (κ2) is 7.51. The van der Waals surface area contributed by atoms with Gasteiger partial charge in [-0.15, -0.1) is 0 Å². The van der Waals surface area contributed by atoms with E-state index in [1.165, 1.54) is 6.42 Å². The van der Waals surface area contributed by atoms with Gasteiger partial charge in [0.25, 0.3) is 0 Å². The summed E-state index contributed by atoms with van der Waals surface area (Å²) in [5.41, 5.74) is 3.85. The molecule has 148 valence electrons. The first-order chi connectivity index (χ1) is 14.3. The minimum Gasteiger partial charge on any atom is -0.494 e. The molecule has 1 aliphatic heterocycles. The number of H-pyrrole nitrogens is 1. The summed E-state index contributed by atoms with van der Waals surface area (Å²) in [5.74, 6) is 1.50. The molecule has 1 aliphatic rings. The zero-order valence-electron chi connectivity index (χ0n) is 16.1. The molecule has 3 N–H and O–H groups in total. The van der Waals surface area contributed by atoms with E-state index in [0.717, 1.165) is 42.3 Å². The summed E-state index contributed by atoms with van der Waals surface area (Å²) in [7, 11) is 1.62. The maximum absolute atomic E-state index is 5.51. The van der Waals surface area contributed by atoms with Crippen molar-refractivity contribution >= 4 is 11.5 Å². The van der Waals surface area contributed by atoms with Gasteiger partial charge in [0.15, 0.2) is 11.4 Å². The molecule has 5 rings (SSSR count). The van der Waals surface area contributed by atoms with Gasteiger partial charge in [0, 0.05) is 30.4 Å². The van der Waals surface area contributed by atoms with Crippen LogP contribution in [0.1, 0.15) is 12.8 Å². The van der Waals surface area contributed by atoms with Crippen molar-refractivity contribution in [1.82, 2.24) is 35.1 Å². The van der Waals surface area contributed by atoms with E-state index in [1.54, 1.807) is 30.2 Å². The van der Waals surface area contributed by atoms with Gasteiger partial charge in [-0.05, 0) is 31.5 Å². The Morgan fingerprint density at radius 2 is 2.24 bits per heavy atom. The summed E-state index contributed by atoms with van der Waals surface area (Å²) < 4.78 is 7.30. The second-order valence-corrected chi connectivity index (χ2v) is 7.06. The van der Waals surface area contributed by atoms with Crippen LogP contribution in [0.25, 0.3) is 28.3 Å². The third-order valence-electron chi connectivity index (χ3n) is 5.11. The average molecular weight is 390 g/mol. The molecular formula is C20H22N8O. The van der Waals surface area contributed by atoms with Gasteiger partial charge in [-0.25, -0.2) is 14.5 Å². The van der Waals surface area contributed by atoms with Crippen molar-refractivity contribution in [3.8, 4) is 28.4 Å². The molecule has 29 heavy (non-hydrogen) atoms. The lowest BCUT2D eigenvalue weighted by atomic mass is 10.1. The van der Waals surface area contributed by atoms with Crippen LogP contribution in [0, 0.1) is 0 Å². The molecule has 0 amide bonds. The highest BCUT2D eigenvalue weighted by molar-refractivity contribution is 5.69. The van der Waals surface area contributed by atoms with Gasteiger partial charge in [-0.3, -0.25) is 5.10 Å². The Labute approximate surface area is 167 Å². The number of nitrogens with zero attached hydrogens (tertiary/aromatic N) is 5. The Hall–Kier alpha value is -3.46. The van der Waals surface area contributed by atoms with Crippen molar-refractivity contribution in [2.75, 3.05) is 25.5 Å². The number of hydrogen-bond donors (Lipinski definition) is 3. The molecule has 0 saturated carbocycles. The quantitative estimate of drug-likeness (QED) is 0.480. The molecule has 0 aromatic carbocycles. The van der Waals surface area contributed by atoms with E-state index in [1.807, 2.05) is 24.3 Å². The van der Waals surface area contributed by atoms with E-state index in [2.05, 4.69) is 25.8 Å². The predicted molar refractivity (Wildman–Crippen MR) is 110 cm³/mol. The number of pyridine rings is 1. The van der Waals surface area contributed by atoms with Crippen molar-refractivity contribution in [2.45, 2.75) is 18.9 Å². The first-order valence-corrected chi connectivity index (χ1v) is 9.68. The highest BCUT2D eigenvalue weighted by atomic mass is 16.5. The minimum absolute atomic E-state index is 0.392. The fourth-order valence-electron chi connectivity index (χ4n) is 3.65. The first-order valence-electron chi connectivity index (χ1n) is 9.68. The zero-order chi connectivity index (χ0) is 19.6. The number of hydrogen-bond acceptors (Lipinski definition) is 7. The smallest absolute Gasteiger partial charge is 0.157 e. The molecule has 1 saturated heterocycles. The number of anilines is 1. The van der Waals surface area contributed by atoms with Gasteiger partial charge < -0.3 is 15.4 Å². The normalized spacial score (nSPS) is 16.8. The molecular weight excluding hydrogens is 368 g/mol. The Morgan fingerprint density at radius 1 is 1.28 bits per heavy atom. The topological polar surface area (TPSA) is 105 Å².